The standard InChI is InChI=1S/C18H29N5S/c1-6-19-18(21-11-13(2)16-8-10-24-12-16)20-9-7-17-14(3)22-23(5)15(17)4/h8,10,12-13H,6-7,9,11H2,1-5H3,(H2,19,20,21). The second kappa shape index (κ2) is 8.87. The maximum absolute atomic E-state index is 4.73. The SMILES string of the molecule is CCNC(=NCC(C)c1ccsc1)NCCc1c(C)nn(C)c1C. The Morgan fingerprint density at radius 3 is 2.75 bits per heavy atom. The highest BCUT2D eigenvalue weighted by Crippen LogP contribution is 2.18. The molecule has 0 aliphatic heterocycles. The summed E-state index contributed by atoms with van der Waals surface area (Å²) in [5.74, 6) is 1.33. The summed E-state index contributed by atoms with van der Waals surface area (Å²) in [6.07, 6.45) is 0.954. The second-order valence-electron chi connectivity index (χ2n) is 6.13. The van der Waals surface area contributed by atoms with Gasteiger partial charge in [0.2, 0.25) is 0 Å². The maximum Gasteiger partial charge on any atom is 0.191 e. The van der Waals surface area contributed by atoms with Crippen LogP contribution in [0.1, 0.15) is 42.3 Å². The number of nitrogens with zero attached hydrogens (tertiary/aromatic N) is 3. The molecule has 0 saturated heterocycles. The number of rotatable bonds is 7. The Kier molecular flexibility index (Phi) is 6.85. The fourth-order valence-corrected chi connectivity index (χ4v) is 3.50. The zero-order chi connectivity index (χ0) is 17.5. The summed E-state index contributed by atoms with van der Waals surface area (Å²) in [4.78, 5) is 4.73. The van der Waals surface area contributed by atoms with Gasteiger partial charge in [0.1, 0.15) is 0 Å². The van der Waals surface area contributed by atoms with Crippen LogP contribution in [0, 0.1) is 13.8 Å². The molecule has 0 amide bonds. The molecule has 2 aromatic rings. The Morgan fingerprint density at radius 2 is 2.17 bits per heavy atom. The molecule has 0 radical (unpaired) electrons. The highest BCUT2D eigenvalue weighted by atomic mass is 32.1. The molecule has 0 aliphatic rings. The largest absolute Gasteiger partial charge is 0.357 e. The molecule has 0 aromatic carbocycles. The van der Waals surface area contributed by atoms with Crippen molar-refractivity contribution in [3.05, 3.63) is 39.3 Å². The number of guanidine groups is 1. The molecule has 2 heterocycles. The lowest BCUT2D eigenvalue weighted by molar-refractivity contribution is 0.728. The van der Waals surface area contributed by atoms with Crippen LogP contribution in [0.3, 0.4) is 0 Å². The minimum atomic E-state index is 0.439. The Hall–Kier alpha value is -1.82. The number of thiophene rings is 1. The first-order valence-corrected chi connectivity index (χ1v) is 9.50. The number of aliphatic imine (C=N–C) groups is 1. The molecule has 1 unspecified atom stereocenters. The fourth-order valence-electron chi connectivity index (χ4n) is 2.72. The minimum absolute atomic E-state index is 0.439. The van der Waals surface area contributed by atoms with Crippen molar-refractivity contribution in [3.8, 4) is 0 Å². The first-order valence-electron chi connectivity index (χ1n) is 8.56. The van der Waals surface area contributed by atoms with Gasteiger partial charge in [-0.05, 0) is 55.1 Å². The van der Waals surface area contributed by atoms with Crippen molar-refractivity contribution >= 4 is 17.3 Å². The predicted octanol–water partition coefficient (Wildman–Crippen LogP) is 3.00. The second-order valence-corrected chi connectivity index (χ2v) is 6.91. The monoisotopic (exact) mass is 347 g/mol. The van der Waals surface area contributed by atoms with E-state index < -0.39 is 0 Å². The molecule has 24 heavy (non-hydrogen) atoms. The van der Waals surface area contributed by atoms with Crippen LogP contribution in [0.15, 0.2) is 21.8 Å². The van der Waals surface area contributed by atoms with Crippen LogP contribution in [-0.2, 0) is 13.5 Å². The molecule has 0 saturated carbocycles. The van der Waals surface area contributed by atoms with Crippen molar-refractivity contribution < 1.29 is 0 Å². The van der Waals surface area contributed by atoms with Crippen molar-refractivity contribution in [2.45, 2.75) is 40.0 Å². The summed E-state index contributed by atoms with van der Waals surface area (Å²) in [5.41, 5.74) is 5.04. The summed E-state index contributed by atoms with van der Waals surface area (Å²) in [6, 6.07) is 2.18. The third kappa shape index (κ3) is 4.84. The molecule has 132 valence electrons. The van der Waals surface area contributed by atoms with Crippen LogP contribution in [0.4, 0.5) is 0 Å². The van der Waals surface area contributed by atoms with Crippen molar-refractivity contribution in [2.75, 3.05) is 19.6 Å². The van der Waals surface area contributed by atoms with Crippen LogP contribution >= 0.6 is 11.3 Å². The zero-order valence-corrected chi connectivity index (χ0v) is 16.2. The number of hydrogen-bond acceptors (Lipinski definition) is 3. The lowest BCUT2D eigenvalue weighted by Crippen LogP contribution is -2.38. The lowest BCUT2D eigenvalue weighted by atomic mass is 10.1. The molecule has 2 rings (SSSR count). The average Bonchev–Trinajstić information content (AvgIpc) is 3.16. The maximum atomic E-state index is 4.73. The van der Waals surface area contributed by atoms with Gasteiger partial charge in [-0.1, -0.05) is 6.92 Å². The number of aryl methyl sites for hydroxylation is 2. The molecule has 2 N–H and O–H groups in total. The van der Waals surface area contributed by atoms with Gasteiger partial charge >= 0.3 is 0 Å². The van der Waals surface area contributed by atoms with E-state index in [4.69, 9.17) is 4.99 Å². The number of hydrogen-bond donors (Lipinski definition) is 2. The lowest BCUT2D eigenvalue weighted by Gasteiger charge is -2.13. The van der Waals surface area contributed by atoms with E-state index in [-0.39, 0.29) is 0 Å². The van der Waals surface area contributed by atoms with Gasteiger partial charge < -0.3 is 10.6 Å². The number of aromatic nitrogens is 2. The van der Waals surface area contributed by atoms with Crippen molar-refractivity contribution in [1.82, 2.24) is 20.4 Å². The highest BCUT2D eigenvalue weighted by molar-refractivity contribution is 7.07. The molecular formula is C18H29N5S. The first kappa shape index (κ1) is 18.5. The summed E-state index contributed by atoms with van der Waals surface area (Å²) >= 11 is 1.74. The predicted molar refractivity (Wildman–Crippen MR) is 103 cm³/mol. The van der Waals surface area contributed by atoms with Gasteiger partial charge in [0, 0.05) is 38.3 Å². The van der Waals surface area contributed by atoms with Crippen molar-refractivity contribution in [2.24, 2.45) is 12.0 Å². The molecule has 0 bridgehead atoms. The fraction of sp³-hybridized carbons (Fsp3) is 0.556. The van der Waals surface area contributed by atoms with E-state index in [9.17, 15) is 0 Å². The van der Waals surface area contributed by atoms with Crippen LogP contribution in [0.5, 0.6) is 0 Å². The van der Waals surface area contributed by atoms with Gasteiger partial charge in [-0.3, -0.25) is 9.67 Å². The van der Waals surface area contributed by atoms with Gasteiger partial charge in [-0.25, -0.2) is 0 Å². The molecule has 2 aromatic heterocycles. The Balaban J connectivity index is 1.89. The third-order valence-electron chi connectivity index (χ3n) is 4.31. The van der Waals surface area contributed by atoms with Gasteiger partial charge in [0.05, 0.1) is 5.69 Å². The molecular weight excluding hydrogens is 318 g/mol. The molecule has 0 spiro atoms. The minimum Gasteiger partial charge on any atom is -0.357 e. The first-order chi connectivity index (χ1) is 11.5. The van der Waals surface area contributed by atoms with Gasteiger partial charge in [-0.15, -0.1) is 0 Å². The van der Waals surface area contributed by atoms with E-state index in [0.29, 0.717) is 5.92 Å². The van der Waals surface area contributed by atoms with Gasteiger partial charge in [0.25, 0.3) is 0 Å². The van der Waals surface area contributed by atoms with E-state index in [1.165, 1.54) is 16.8 Å². The van der Waals surface area contributed by atoms with Crippen molar-refractivity contribution in [3.63, 3.8) is 0 Å². The number of nitrogens with one attached hydrogen (secondary N) is 2. The molecule has 5 nitrogen and oxygen atoms in total. The Labute approximate surface area is 149 Å². The summed E-state index contributed by atoms with van der Waals surface area (Å²) in [7, 11) is 2.00. The van der Waals surface area contributed by atoms with E-state index in [2.05, 4.69) is 60.3 Å². The van der Waals surface area contributed by atoms with E-state index in [1.807, 2.05) is 11.7 Å². The van der Waals surface area contributed by atoms with Crippen LogP contribution in [-0.4, -0.2) is 35.4 Å². The van der Waals surface area contributed by atoms with E-state index in [0.717, 1.165) is 37.7 Å². The highest BCUT2D eigenvalue weighted by Gasteiger charge is 2.09. The van der Waals surface area contributed by atoms with Crippen LogP contribution < -0.4 is 10.6 Å². The topological polar surface area (TPSA) is 54.2 Å². The summed E-state index contributed by atoms with van der Waals surface area (Å²) in [6.45, 7) is 11.0. The zero-order valence-electron chi connectivity index (χ0n) is 15.4. The normalized spacial score (nSPS) is 13.1. The smallest absolute Gasteiger partial charge is 0.191 e. The van der Waals surface area contributed by atoms with Crippen molar-refractivity contribution in [1.29, 1.82) is 0 Å². The Bertz CT molecular complexity index is 657. The van der Waals surface area contributed by atoms with Gasteiger partial charge in [0.15, 0.2) is 5.96 Å². The summed E-state index contributed by atoms with van der Waals surface area (Å²) < 4.78 is 1.95. The van der Waals surface area contributed by atoms with E-state index in [1.54, 1.807) is 11.3 Å². The quantitative estimate of drug-likeness (QED) is 0.598. The van der Waals surface area contributed by atoms with Crippen LogP contribution in [0.2, 0.25) is 0 Å². The van der Waals surface area contributed by atoms with E-state index >= 15 is 0 Å². The molecule has 6 heteroatoms. The third-order valence-corrected chi connectivity index (χ3v) is 5.01. The average molecular weight is 348 g/mol. The van der Waals surface area contributed by atoms with Gasteiger partial charge in [-0.2, -0.15) is 16.4 Å². The summed E-state index contributed by atoms with van der Waals surface area (Å²) in [5, 5.41) is 15.6. The molecule has 1 atom stereocenters. The Morgan fingerprint density at radius 1 is 1.38 bits per heavy atom. The van der Waals surface area contributed by atoms with Crippen LogP contribution in [0.25, 0.3) is 0 Å². The molecule has 0 aliphatic carbocycles. The molecule has 0 fully saturated rings.